The molecule has 100 valence electrons. The van der Waals surface area contributed by atoms with Gasteiger partial charge in [0, 0.05) is 29.8 Å². The number of carbonyl (C=O) groups excluding carboxylic acids is 1. The first kappa shape index (κ1) is 13.4. The second-order valence-electron chi connectivity index (χ2n) is 4.26. The van der Waals surface area contributed by atoms with Crippen molar-refractivity contribution in [2.45, 2.75) is 13.5 Å². The number of hydrogen-bond donors (Lipinski definition) is 3. The van der Waals surface area contributed by atoms with Gasteiger partial charge in [-0.2, -0.15) is 0 Å². The molecule has 1 amide bonds. The number of benzene rings is 1. The molecular formula is C14H17N3OS. The fourth-order valence-corrected chi connectivity index (χ4v) is 2.65. The van der Waals surface area contributed by atoms with Gasteiger partial charge in [0.2, 0.25) is 0 Å². The third-order valence-electron chi connectivity index (χ3n) is 2.92. The molecule has 0 atom stereocenters. The van der Waals surface area contributed by atoms with Gasteiger partial charge in [-0.05, 0) is 42.1 Å². The lowest BCUT2D eigenvalue weighted by Gasteiger charge is -2.12. The van der Waals surface area contributed by atoms with E-state index in [9.17, 15) is 4.79 Å². The van der Waals surface area contributed by atoms with Crippen LogP contribution in [0.25, 0.3) is 0 Å². The zero-order valence-electron chi connectivity index (χ0n) is 11.0. The van der Waals surface area contributed by atoms with E-state index in [1.807, 2.05) is 0 Å². The van der Waals surface area contributed by atoms with E-state index in [1.165, 1.54) is 10.4 Å². The minimum atomic E-state index is -0.120. The number of nitrogens with two attached hydrogens (primary N) is 1. The second kappa shape index (κ2) is 5.75. The molecule has 4 N–H and O–H groups in total. The largest absolute Gasteiger partial charge is 0.399 e. The highest BCUT2D eigenvalue weighted by Crippen LogP contribution is 2.22. The number of anilines is 2. The Morgan fingerprint density at radius 1 is 1.37 bits per heavy atom. The van der Waals surface area contributed by atoms with Crippen LogP contribution in [-0.4, -0.2) is 13.0 Å². The Morgan fingerprint density at radius 3 is 2.79 bits per heavy atom. The van der Waals surface area contributed by atoms with Gasteiger partial charge in [-0.1, -0.05) is 0 Å². The van der Waals surface area contributed by atoms with Gasteiger partial charge in [0.1, 0.15) is 0 Å². The van der Waals surface area contributed by atoms with Gasteiger partial charge in [0.25, 0.3) is 5.91 Å². The zero-order chi connectivity index (χ0) is 13.8. The predicted molar refractivity (Wildman–Crippen MR) is 80.6 cm³/mol. The summed E-state index contributed by atoms with van der Waals surface area (Å²) in [6.45, 7) is 2.77. The van der Waals surface area contributed by atoms with Crippen molar-refractivity contribution in [2.75, 3.05) is 18.1 Å². The lowest BCUT2D eigenvalue weighted by molar-refractivity contribution is 0.0964. The summed E-state index contributed by atoms with van der Waals surface area (Å²) in [5, 5.41) is 7.97. The molecule has 0 saturated heterocycles. The van der Waals surface area contributed by atoms with E-state index >= 15 is 0 Å². The molecule has 0 saturated carbocycles. The van der Waals surface area contributed by atoms with Crippen LogP contribution in [0.2, 0.25) is 0 Å². The minimum Gasteiger partial charge on any atom is -0.399 e. The first-order valence-corrected chi connectivity index (χ1v) is 6.88. The van der Waals surface area contributed by atoms with Crippen molar-refractivity contribution in [3.8, 4) is 0 Å². The summed E-state index contributed by atoms with van der Waals surface area (Å²) in [7, 11) is 1.62. The van der Waals surface area contributed by atoms with Crippen LogP contribution in [0.3, 0.4) is 0 Å². The number of carbonyl (C=O) groups is 1. The maximum absolute atomic E-state index is 11.8. The Morgan fingerprint density at radius 2 is 2.16 bits per heavy atom. The number of nitrogens with one attached hydrogen (secondary N) is 2. The van der Waals surface area contributed by atoms with Gasteiger partial charge in [0.05, 0.1) is 5.56 Å². The maximum atomic E-state index is 11.8. The Balaban J connectivity index is 2.21. The van der Waals surface area contributed by atoms with E-state index in [1.54, 1.807) is 36.6 Å². The molecule has 0 radical (unpaired) electrons. The summed E-state index contributed by atoms with van der Waals surface area (Å²) in [5.41, 5.74) is 9.03. The van der Waals surface area contributed by atoms with Crippen molar-refractivity contribution in [3.05, 3.63) is 45.6 Å². The van der Waals surface area contributed by atoms with Crippen molar-refractivity contribution in [1.29, 1.82) is 0 Å². The first-order chi connectivity index (χ1) is 9.11. The van der Waals surface area contributed by atoms with Gasteiger partial charge in [-0.25, -0.2) is 0 Å². The summed E-state index contributed by atoms with van der Waals surface area (Å²) >= 11 is 1.70. The summed E-state index contributed by atoms with van der Waals surface area (Å²) in [6, 6.07) is 7.33. The fraction of sp³-hybridized carbons (Fsp3) is 0.214. The molecule has 0 spiro atoms. The molecule has 19 heavy (non-hydrogen) atoms. The van der Waals surface area contributed by atoms with E-state index in [-0.39, 0.29) is 5.91 Å². The first-order valence-electron chi connectivity index (χ1n) is 6.00. The predicted octanol–water partition coefficient (Wildman–Crippen LogP) is 2.61. The lowest BCUT2D eigenvalue weighted by Crippen LogP contribution is -2.19. The Hall–Kier alpha value is -2.01. The monoisotopic (exact) mass is 275 g/mol. The van der Waals surface area contributed by atoms with E-state index in [0.717, 1.165) is 5.69 Å². The molecule has 0 unspecified atom stereocenters. The van der Waals surface area contributed by atoms with E-state index in [0.29, 0.717) is 17.8 Å². The molecule has 0 bridgehead atoms. The van der Waals surface area contributed by atoms with Crippen LogP contribution in [-0.2, 0) is 6.54 Å². The van der Waals surface area contributed by atoms with Crippen LogP contribution in [0.1, 0.15) is 20.8 Å². The summed E-state index contributed by atoms with van der Waals surface area (Å²) < 4.78 is 0. The normalized spacial score (nSPS) is 10.2. The smallest absolute Gasteiger partial charge is 0.253 e. The molecule has 0 aliphatic carbocycles. The lowest BCUT2D eigenvalue weighted by atomic mass is 10.1. The van der Waals surface area contributed by atoms with E-state index in [2.05, 4.69) is 29.0 Å². The highest BCUT2D eigenvalue weighted by molar-refractivity contribution is 7.10. The van der Waals surface area contributed by atoms with Crippen molar-refractivity contribution >= 4 is 28.6 Å². The Bertz CT molecular complexity index is 592. The molecule has 5 heteroatoms. The molecule has 0 fully saturated rings. The van der Waals surface area contributed by atoms with Crippen LogP contribution < -0.4 is 16.4 Å². The topological polar surface area (TPSA) is 67.2 Å². The van der Waals surface area contributed by atoms with Crippen LogP contribution in [0.4, 0.5) is 11.4 Å². The van der Waals surface area contributed by atoms with Gasteiger partial charge in [-0.15, -0.1) is 11.3 Å². The molecule has 1 aromatic heterocycles. The second-order valence-corrected chi connectivity index (χ2v) is 5.27. The number of amides is 1. The molecular weight excluding hydrogens is 258 g/mol. The Kier molecular flexibility index (Phi) is 4.06. The SMILES string of the molecule is CNC(=O)c1ccc(N)cc1NCc1sccc1C. The molecule has 0 aliphatic rings. The van der Waals surface area contributed by atoms with Crippen molar-refractivity contribution in [2.24, 2.45) is 0 Å². The zero-order valence-corrected chi connectivity index (χ0v) is 11.8. The third-order valence-corrected chi connectivity index (χ3v) is 3.95. The molecule has 1 heterocycles. The molecule has 4 nitrogen and oxygen atoms in total. The number of nitrogen functional groups attached to an aromatic ring is 1. The van der Waals surface area contributed by atoms with Crippen LogP contribution in [0, 0.1) is 6.92 Å². The highest BCUT2D eigenvalue weighted by atomic mass is 32.1. The highest BCUT2D eigenvalue weighted by Gasteiger charge is 2.10. The van der Waals surface area contributed by atoms with E-state index < -0.39 is 0 Å². The maximum Gasteiger partial charge on any atom is 0.253 e. The van der Waals surface area contributed by atoms with Crippen molar-refractivity contribution in [3.63, 3.8) is 0 Å². The van der Waals surface area contributed by atoms with Gasteiger partial charge < -0.3 is 16.4 Å². The molecule has 2 rings (SSSR count). The van der Waals surface area contributed by atoms with Crippen LogP contribution in [0.5, 0.6) is 0 Å². The van der Waals surface area contributed by atoms with E-state index in [4.69, 9.17) is 5.73 Å². The molecule has 2 aromatic rings. The van der Waals surface area contributed by atoms with Crippen molar-refractivity contribution < 1.29 is 4.79 Å². The van der Waals surface area contributed by atoms with Gasteiger partial charge in [-0.3, -0.25) is 4.79 Å². The molecule has 0 aliphatic heterocycles. The summed E-state index contributed by atoms with van der Waals surface area (Å²) in [4.78, 5) is 13.0. The van der Waals surface area contributed by atoms with Gasteiger partial charge in [0.15, 0.2) is 0 Å². The van der Waals surface area contributed by atoms with Crippen LogP contribution >= 0.6 is 11.3 Å². The van der Waals surface area contributed by atoms with Crippen LogP contribution in [0.15, 0.2) is 29.6 Å². The summed E-state index contributed by atoms with van der Waals surface area (Å²) in [6.07, 6.45) is 0. The van der Waals surface area contributed by atoms with Gasteiger partial charge >= 0.3 is 0 Å². The fourth-order valence-electron chi connectivity index (χ4n) is 1.80. The quantitative estimate of drug-likeness (QED) is 0.751. The third kappa shape index (κ3) is 3.06. The number of aryl methyl sites for hydroxylation is 1. The number of rotatable bonds is 4. The average Bonchev–Trinajstić information content (AvgIpc) is 2.81. The molecule has 1 aromatic carbocycles. The Labute approximate surface area is 116 Å². The number of thiophene rings is 1. The van der Waals surface area contributed by atoms with Crippen molar-refractivity contribution in [1.82, 2.24) is 5.32 Å². The summed E-state index contributed by atoms with van der Waals surface area (Å²) in [5.74, 6) is -0.120. The number of hydrogen-bond acceptors (Lipinski definition) is 4. The standard InChI is InChI=1S/C14H17N3OS/c1-9-5-6-19-13(9)8-17-12-7-10(15)3-4-11(12)14(18)16-2/h3-7,17H,8,15H2,1-2H3,(H,16,18). The minimum absolute atomic E-state index is 0.120. The average molecular weight is 275 g/mol.